The van der Waals surface area contributed by atoms with E-state index in [1.165, 1.54) is 12.2 Å². The van der Waals surface area contributed by atoms with Gasteiger partial charge in [0, 0.05) is 18.2 Å². The van der Waals surface area contributed by atoms with Crippen LogP contribution in [0, 0.1) is 10.1 Å². The first-order valence-corrected chi connectivity index (χ1v) is 7.04. The van der Waals surface area contributed by atoms with Crippen LogP contribution in [0.4, 0.5) is 10.5 Å². The molecule has 124 valence electrons. The summed E-state index contributed by atoms with van der Waals surface area (Å²) >= 11 is 0. The summed E-state index contributed by atoms with van der Waals surface area (Å²) < 4.78 is 5.01. The zero-order valence-electron chi connectivity index (χ0n) is 12.6. The van der Waals surface area contributed by atoms with Crippen molar-refractivity contribution in [3.63, 3.8) is 0 Å². The zero-order chi connectivity index (χ0) is 17.4. The molecule has 0 atom stereocenters. The van der Waals surface area contributed by atoms with E-state index in [0.29, 0.717) is 0 Å². The molecule has 0 fully saturated rings. The average Bonchev–Trinajstić information content (AvgIpc) is 2.59. The maximum atomic E-state index is 11.5. The molecule has 1 aromatic heterocycles. The summed E-state index contributed by atoms with van der Waals surface area (Å²) in [6.07, 6.45) is 3.32. The highest BCUT2D eigenvalue weighted by atomic mass is 16.6. The predicted octanol–water partition coefficient (Wildman–Crippen LogP) is 2.22. The van der Waals surface area contributed by atoms with Crippen LogP contribution in [0.15, 0.2) is 53.5 Å². The standard InChI is InChI=1S/C16H15N3O5/c20-15-13(9-14(10-18-15)19(22)23)7-4-8-17-16(21)24-11-12-5-2-1-3-6-12/h1-7,9-10H,8,11H2,(H,17,21)(H,18,20). The third-order valence-corrected chi connectivity index (χ3v) is 3.00. The normalized spacial score (nSPS) is 10.5. The van der Waals surface area contributed by atoms with Gasteiger partial charge in [-0.15, -0.1) is 0 Å². The molecule has 0 aliphatic carbocycles. The van der Waals surface area contributed by atoms with E-state index in [1.54, 1.807) is 0 Å². The van der Waals surface area contributed by atoms with Crippen LogP contribution in [-0.4, -0.2) is 22.5 Å². The number of H-pyrrole nitrogens is 1. The Bertz CT molecular complexity index is 799. The number of hydrogen-bond acceptors (Lipinski definition) is 5. The average molecular weight is 329 g/mol. The van der Waals surface area contributed by atoms with Crippen LogP contribution in [0.5, 0.6) is 0 Å². The van der Waals surface area contributed by atoms with Crippen LogP contribution in [0.25, 0.3) is 6.08 Å². The highest BCUT2D eigenvalue weighted by Crippen LogP contribution is 2.08. The van der Waals surface area contributed by atoms with Gasteiger partial charge in [0.25, 0.3) is 11.2 Å². The molecule has 0 aliphatic heterocycles. The van der Waals surface area contributed by atoms with Gasteiger partial charge >= 0.3 is 6.09 Å². The monoisotopic (exact) mass is 329 g/mol. The number of hydrogen-bond donors (Lipinski definition) is 2. The van der Waals surface area contributed by atoms with Crippen LogP contribution in [0.3, 0.4) is 0 Å². The van der Waals surface area contributed by atoms with Crippen LogP contribution < -0.4 is 10.9 Å². The molecule has 1 aromatic carbocycles. The Balaban J connectivity index is 1.82. The van der Waals surface area contributed by atoms with Crippen molar-refractivity contribution in [3.05, 3.63) is 80.3 Å². The third kappa shape index (κ3) is 5.09. The fourth-order valence-corrected chi connectivity index (χ4v) is 1.82. The number of amides is 1. The smallest absolute Gasteiger partial charge is 0.407 e. The lowest BCUT2D eigenvalue weighted by molar-refractivity contribution is -0.385. The quantitative estimate of drug-likeness (QED) is 0.623. The Labute approximate surface area is 136 Å². The van der Waals surface area contributed by atoms with Crippen molar-refractivity contribution in [1.82, 2.24) is 10.3 Å². The molecule has 8 heteroatoms. The fraction of sp³-hybridized carbons (Fsp3) is 0.125. The summed E-state index contributed by atoms with van der Waals surface area (Å²) in [6.45, 7) is 0.274. The highest BCUT2D eigenvalue weighted by Gasteiger charge is 2.07. The summed E-state index contributed by atoms with van der Waals surface area (Å²) in [5, 5.41) is 13.1. The molecule has 8 nitrogen and oxygen atoms in total. The fourth-order valence-electron chi connectivity index (χ4n) is 1.82. The van der Waals surface area contributed by atoms with Crippen molar-refractivity contribution in [1.29, 1.82) is 0 Å². The van der Waals surface area contributed by atoms with E-state index in [1.807, 2.05) is 30.3 Å². The van der Waals surface area contributed by atoms with E-state index < -0.39 is 16.6 Å². The molecule has 24 heavy (non-hydrogen) atoms. The molecule has 1 amide bonds. The summed E-state index contributed by atoms with van der Waals surface area (Å²) in [7, 11) is 0. The second-order valence-corrected chi connectivity index (χ2v) is 4.74. The third-order valence-electron chi connectivity index (χ3n) is 3.00. The number of aromatic amines is 1. The Kier molecular flexibility index (Phi) is 5.84. The highest BCUT2D eigenvalue weighted by molar-refractivity contribution is 5.67. The summed E-state index contributed by atoms with van der Waals surface area (Å²) in [5.41, 5.74) is 0.322. The molecule has 0 spiro atoms. The van der Waals surface area contributed by atoms with Crippen LogP contribution in [0.1, 0.15) is 11.1 Å². The number of rotatable bonds is 6. The SMILES string of the molecule is O=C(NCC=Cc1cc([N+](=O)[O-])c[nH]c1=O)OCc1ccccc1. The number of alkyl carbamates (subject to hydrolysis) is 1. The molecule has 0 bridgehead atoms. The van der Waals surface area contributed by atoms with Gasteiger partial charge in [0.2, 0.25) is 0 Å². The first-order chi connectivity index (χ1) is 11.6. The first kappa shape index (κ1) is 16.9. The number of nitro groups is 1. The molecular formula is C16H15N3O5. The molecule has 0 unspecified atom stereocenters. The minimum Gasteiger partial charge on any atom is -0.445 e. The lowest BCUT2D eigenvalue weighted by Gasteiger charge is -2.05. The summed E-state index contributed by atoms with van der Waals surface area (Å²) in [6, 6.07) is 10.4. The number of carbonyl (C=O) groups excluding carboxylic acids is 1. The zero-order valence-corrected chi connectivity index (χ0v) is 12.6. The van der Waals surface area contributed by atoms with Crippen molar-refractivity contribution in [3.8, 4) is 0 Å². The summed E-state index contributed by atoms with van der Waals surface area (Å²) in [5.74, 6) is 0. The maximum absolute atomic E-state index is 11.5. The second-order valence-electron chi connectivity index (χ2n) is 4.74. The van der Waals surface area contributed by atoms with Crippen molar-refractivity contribution < 1.29 is 14.5 Å². The van der Waals surface area contributed by atoms with Gasteiger partial charge in [0.05, 0.1) is 11.1 Å². The number of carbonyl (C=O) groups is 1. The van der Waals surface area contributed by atoms with Crippen LogP contribution >= 0.6 is 0 Å². The van der Waals surface area contributed by atoms with E-state index in [0.717, 1.165) is 17.8 Å². The number of aromatic nitrogens is 1. The first-order valence-electron chi connectivity index (χ1n) is 7.04. The van der Waals surface area contributed by atoms with Gasteiger partial charge in [0.15, 0.2) is 0 Å². The molecule has 0 saturated carbocycles. The largest absolute Gasteiger partial charge is 0.445 e. The van der Waals surface area contributed by atoms with E-state index in [9.17, 15) is 19.7 Å². The molecule has 2 aromatic rings. The van der Waals surface area contributed by atoms with Crippen molar-refractivity contribution in [2.45, 2.75) is 6.61 Å². The summed E-state index contributed by atoms with van der Waals surface area (Å²) in [4.78, 5) is 35.4. The number of benzene rings is 1. The lowest BCUT2D eigenvalue weighted by atomic mass is 10.2. The van der Waals surface area contributed by atoms with Gasteiger partial charge in [-0.2, -0.15) is 0 Å². The number of ether oxygens (including phenoxy) is 1. The predicted molar refractivity (Wildman–Crippen MR) is 87.4 cm³/mol. The minimum absolute atomic E-state index is 0.121. The molecule has 2 N–H and O–H groups in total. The van der Waals surface area contributed by atoms with Gasteiger partial charge in [-0.05, 0) is 5.56 Å². The molecule has 0 saturated heterocycles. The van der Waals surface area contributed by atoms with E-state index in [-0.39, 0.29) is 24.4 Å². The molecule has 2 rings (SSSR count). The van der Waals surface area contributed by atoms with Gasteiger partial charge in [-0.1, -0.05) is 42.5 Å². The van der Waals surface area contributed by atoms with E-state index in [4.69, 9.17) is 4.74 Å². The van der Waals surface area contributed by atoms with Crippen molar-refractivity contribution in [2.24, 2.45) is 0 Å². The van der Waals surface area contributed by atoms with Crippen molar-refractivity contribution >= 4 is 17.9 Å². The molecule has 0 radical (unpaired) electrons. The number of nitrogens with one attached hydrogen (secondary N) is 2. The Hall–Kier alpha value is -3.42. The number of nitrogens with zero attached hydrogens (tertiary/aromatic N) is 1. The van der Waals surface area contributed by atoms with Gasteiger partial charge in [0.1, 0.15) is 6.61 Å². The number of pyridine rings is 1. The second kappa shape index (κ2) is 8.28. The van der Waals surface area contributed by atoms with E-state index in [2.05, 4.69) is 10.3 Å². The Morgan fingerprint density at radius 1 is 1.33 bits per heavy atom. The van der Waals surface area contributed by atoms with Crippen molar-refractivity contribution in [2.75, 3.05) is 6.54 Å². The lowest BCUT2D eigenvalue weighted by Crippen LogP contribution is -2.24. The minimum atomic E-state index is -0.605. The van der Waals surface area contributed by atoms with Crippen LogP contribution in [-0.2, 0) is 11.3 Å². The van der Waals surface area contributed by atoms with Gasteiger partial charge < -0.3 is 15.0 Å². The molecule has 0 aliphatic rings. The Morgan fingerprint density at radius 3 is 2.79 bits per heavy atom. The molecular weight excluding hydrogens is 314 g/mol. The molecule has 1 heterocycles. The topological polar surface area (TPSA) is 114 Å². The van der Waals surface area contributed by atoms with Gasteiger partial charge in [-0.3, -0.25) is 14.9 Å². The van der Waals surface area contributed by atoms with E-state index >= 15 is 0 Å². The Morgan fingerprint density at radius 2 is 2.08 bits per heavy atom. The van der Waals surface area contributed by atoms with Gasteiger partial charge in [-0.25, -0.2) is 4.79 Å². The van der Waals surface area contributed by atoms with Crippen LogP contribution in [0.2, 0.25) is 0 Å². The maximum Gasteiger partial charge on any atom is 0.407 e.